The molecule has 0 radical (unpaired) electrons. The van der Waals surface area contributed by atoms with Gasteiger partial charge in [0, 0.05) is 30.7 Å². The maximum atomic E-state index is 2.88. The molecule has 0 aromatic rings. The molecule has 2 aliphatic heterocycles. The van der Waals surface area contributed by atoms with Gasteiger partial charge < -0.3 is 0 Å². The van der Waals surface area contributed by atoms with Crippen LogP contribution in [0.15, 0.2) is 0 Å². The van der Waals surface area contributed by atoms with Gasteiger partial charge in [0.15, 0.2) is 0 Å². The highest BCUT2D eigenvalue weighted by molar-refractivity contribution is 4.99. The van der Waals surface area contributed by atoms with E-state index in [1.807, 2.05) is 0 Å². The van der Waals surface area contributed by atoms with Crippen molar-refractivity contribution in [3.63, 3.8) is 0 Å². The molecule has 6 unspecified atom stereocenters. The molecule has 2 bridgehead atoms. The van der Waals surface area contributed by atoms with Gasteiger partial charge in [-0.05, 0) is 90.0 Å². The van der Waals surface area contributed by atoms with Crippen LogP contribution in [0.1, 0.15) is 65.7 Å². The molecule has 2 saturated carbocycles. The summed E-state index contributed by atoms with van der Waals surface area (Å²) in [6.07, 6.45) is 10.5. The summed E-state index contributed by atoms with van der Waals surface area (Å²) < 4.78 is 0. The molecule has 2 heteroatoms. The minimum Gasteiger partial charge on any atom is -0.298 e. The van der Waals surface area contributed by atoms with E-state index in [4.69, 9.17) is 0 Å². The molecule has 2 aliphatic carbocycles. The molecule has 6 atom stereocenters. The zero-order valence-electron chi connectivity index (χ0n) is 14.3. The van der Waals surface area contributed by atoms with Crippen LogP contribution in [0.4, 0.5) is 0 Å². The van der Waals surface area contributed by atoms with E-state index in [1.54, 1.807) is 0 Å². The Bertz CT molecular complexity index is 380. The van der Waals surface area contributed by atoms with E-state index >= 15 is 0 Å². The van der Waals surface area contributed by atoms with Gasteiger partial charge in [0.25, 0.3) is 0 Å². The zero-order chi connectivity index (χ0) is 14.6. The summed E-state index contributed by atoms with van der Waals surface area (Å²) in [6, 6.07) is 3.48. The van der Waals surface area contributed by atoms with Crippen molar-refractivity contribution in [2.45, 2.75) is 89.9 Å². The number of piperidine rings is 1. The molecule has 0 spiro atoms. The van der Waals surface area contributed by atoms with Gasteiger partial charge in [0.1, 0.15) is 0 Å². The summed E-state index contributed by atoms with van der Waals surface area (Å²) in [6.45, 7) is 10.1. The predicted molar refractivity (Wildman–Crippen MR) is 88.4 cm³/mol. The number of hydrogen-bond donors (Lipinski definition) is 0. The molecule has 2 saturated heterocycles. The van der Waals surface area contributed by atoms with Crippen LogP contribution in [0.25, 0.3) is 0 Å². The van der Waals surface area contributed by atoms with E-state index in [0.717, 1.165) is 41.9 Å². The van der Waals surface area contributed by atoms with E-state index in [0.29, 0.717) is 0 Å². The second kappa shape index (κ2) is 5.53. The monoisotopic (exact) mass is 290 g/mol. The average Bonchev–Trinajstić information content (AvgIpc) is 3.17. The Morgan fingerprint density at radius 2 is 1.81 bits per heavy atom. The van der Waals surface area contributed by atoms with Gasteiger partial charge in [0.2, 0.25) is 0 Å². The molecule has 21 heavy (non-hydrogen) atoms. The summed E-state index contributed by atoms with van der Waals surface area (Å²) in [7, 11) is 0. The molecule has 2 heterocycles. The second-order valence-electron chi connectivity index (χ2n) is 8.90. The van der Waals surface area contributed by atoms with Gasteiger partial charge >= 0.3 is 0 Å². The van der Waals surface area contributed by atoms with Crippen molar-refractivity contribution in [3.05, 3.63) is 0 Å². The molecule has 4 rings (SSSR count). The number of nitrogens with zero attached hydrogens (tertiary/aromatic N) is 2. The quantitative estimate of drug-likeness (QED) is 0.778. The van der Waals surface area contributed by atoms with Crippen molar-refractivity contribution >= 4 is 0 Å². The summed E-state index contributed by atoms with van der Waals surface area (Å²) >= 11 is 0. The first kappa shape index (κ1) is 14.5. The minimum atomic E-state index is 0.755. The van der Waals surface area contributed by atoms with E-state index in [-0.39, 0.29) is 0 Å². The molecule has 2 nitrogen and oxygen atoms in total. The molecule has 0 aromatic heterocycles. The Morgan fingerprint density at radius 3 is 2.48 bits per heavy atom. The van der Waals surface area contributed by atoms with E-state index < -0.39 is 0 Å². The van der Waals surface area contributed by atoms with E-state index in [1.165, 1.54) is 58.0 Å². The molecule has 0 amide bonds. The first-order valence-electron chi connectivity index (χ1n) is 9.63. The van der Waals surface area contributed by atoms with Crippen LogP contribution in [0.5, 0.6) is 0 Å². The fourth-order valence-electron chi connectivity index (χ4n) is 6.37. The van der Waals surface area contributed by atoms with Crippen molar-refractivity contribution in [3.8, 4) is 0 Å². The summed E-state index contributed by atoms with van der Waals surface area (Å²) in [5.41, 5.74) is 0. The molecule has 4 fully saturated rings. The highest BCUT2D eigenvalue weighted by atomic mass is 15.2. The van der Waals surface area contributed by atoms with Crippen molar-refractivity contribution < 1.29 is 0 Å². The van der Waals surface area contributed by atoms with Crippen molar-refractivity contribution in [2.24, 2.45) is 17.8 Å². The summed E-state index contributed by atoms with van der Waals surface area (Å²) in [5.74, 6) is 3.09. The number of likely N-dealkylation sites (tertiary alicyclic amines) is 2. The summed E-state index contributed by atoms with van der Waals surface area (Å²) in [4.78, 5) is 5.68. The molecule has 120 valence electrons. The Balaban J connectivity index is 1.32. The Hall–Kier alpha value is -0.0800. The molecular weight excluding hydrogens is 256 g/mol. The lowest BCUT2D eigenvalue weighted by molar-refractivity contribution is 0.134. The van der Waals surface area contributed by atoms with Gasteiger partial charge in [-0.3, -0.25) is 9.80 Å². The number of rotatable bonds is 4. The van der Waals surface area contributed by atoms with Gasteiger partial charge in [0.05, 0.1) is 0 Å². The van der Waals surface area contributed by atoms with E-state index in [9.17, 15) is 0 Å². The zero-order valence-corrected chi connectivity index (χ0v) is 14.3. The van der Waals surface area contributed by atoms with Gasteiger partial charge in [-0.1, -0.05) is 0 Å². The molecule has 0 aromatic carbocycles. The van der Waals surface area contributed by atoms with E-state index in [2.05, 4.69) is 30.6 Å². The third-order valence-corrected chi connectivity index (χ3v) is 7.29. The van der Waals surface area contributed by atoms with Crippen molar-refractivity contribution in [2.75, 3.05) is 13.1 Å². The number of hydrogen-bond acceptors (Lipinski definition) is 2. The largest absolute Gasteiger partial charge is 0.298 e. The SMILES string of the molecule is CC(C)N1CCC2CC(CC(C)N3CC4CCC3C4)CC21. The van der Waals surface area contributed by atoms with Crippen LogP contribution < -0.4 is 0 Å². The van der Waals surface area contributed by atoms with Gasteiger partial charge in [-0.15, -0.1) is 0 Å². The Morgan fingerprint density at radius 1 is 0.952 bits per heavy atom. The standard InChI is InChI=1S/C19H34N2/c1-13(2)20-7-6-17-9-16(11-19(17)20)8-14(3)21-12-15-4-5-18(21)10-15/h13-19H,4-12H2,1-3H3. The van der Waals surface area contributed by atoms with Crippen LogP contribution in [-0.4, -0.2) is 47.1 Å². The fraction of sp³-hybridized carbons (Fsp3) is 1.00. The van der Waals surface area contributed by atoms with Crippen LogP contribution in [0.2, 0.25) is 0 Å². The third-order valence-electron chi connectivity index (χ3n) is 7.29. The lowest BCUT2D eigenvalue weighted by Crippen LogP contribution is -2.40. The van der Waals surface area contributed by atoms with Crippen LogP contribution >= 0.6 is 0 Å². The first-order chi connectivity index (χ1) is 10.1. The highest BCUT2D eigenvalue weighted by Crippen LogP contribution is 2.45. The number of fused-ring (bicyclic) bond motifs is 3. The van der Waals surface area contributed by atoms with Crippen molar-refractivity contribution in [1.29, 1.82) is 0 Å². The fourth-order valence-corrected chi connectivity index (χ4v) is 6.37. The Kier molecular flexibility index (Phi) is 3.82. The van der Waals surface area contributed by atoms with Crippen LogP contribution in [0, 0.1) is 17.8 Å². The first-order valence-corrected chi connectivity index (χ1v) is 9.63. The lowest BCUT2D eigenvalue weighted by atomic mass is 9.95. The maximum Gasteiger partial charge on any atom is 0.0129 e. The average molecular weight is 290 g/mol. The molecule has 4 aliphatic rings. The molecule has 0 N–H and O–H groups in total. The van der Waals surface area contributed by atoms with Crippen LogP contribution in [0.3, 0.4) is 0 Å². The second-order valence-corrected chi connectivity index (χ2v) is 8.90. The Labute approximate surface area is 131 Å². The topological polar surface area (TPSA) is 6.48 Å². The normalized spacial score (nSPS) is 44.9. The minimum absolute atomic E-state index is 0.755. The summed E-state index contributed by atoms with van der Waals surface area (Å²) in [5, 5.41) is 0. The third kappa shape index (κ3) is 2.57. The van der Waals surface area contributed by atoms with Gasteiger partial charge in [-0.25, -0.2) is 0 Å². The molecular formula is C19H34N2. The van der Waals surface area contributed by atoms with Crippen LogP contribution in [-0.2, 0) is 0 Å². The lowest BCUT2D eigenvalue weighted by Gasteiger charge is -2.34. The highest BCUT2D eigenvalue weighted by Gasteiger charge is 2.45. The smallest absolute Gasteiger partial charge is 0.0129 e. The van der Waals surface area contributed by atoms with Gasteiger partial charge in [-0.2, -0.15) is 0 Å². The maximum absolute atomic E-state index is 2.88. The van der Waals surface area contributed by atoms with Crippen molar-refractivity contribution in [1.82, 2.24) is 9.80 Å². The predicted octanol–water partition coefficient (Wildman–Crippen LogP) is 3.76.